The van der Waals surface area contributed by atoms with Crippen molar-refractivity contribution in [2.24, 2.45) is 0 Å². The summed E-state index contributed by atoms with van der Waals surface area (Å²) in [5, 5.41) is 0. The maximum Gasteiger partial charge on any atom is 0.306 e. The first-order chi connectivity index (χ1) is 28.5. The summed E-state index contributed by atoms with van der Waals surface area (Å²) in [6.07, 6.45) is 58.6. The maximum absolute atomic E-state index is 12.7. The molecule has 330 valence electrons. The molecule has 6 heteroatoms. The number of hydrogen-bond acceptors (Lipinski definition) is 6. The largest absolute Gasteiger partial charge is 0.462 e. The van der Waals surface area contributed by atoms with Crippen LogP contribution in [0.15, 0.2) is 85.1 Å². The third kappa shape index (κ3) is 43.7. The van der Waals surface area contributed by atoms with Crippen molar-refractivity contribution >= 4 is 17.9 Å². The van der Waals surface area contributed by atoms with Gasteiger partial charge in [0.25, 0.3) is 0 Å². The lowest BCUT2D eigenvalue weighted by Gasteiger charge is -2.18. The Hall–Kier alpha value is -3.41. The average molecular weight is 807 g/mol. The minimum absolute atomic E-state index is 0.0930. The number of unbranched alkanes of at least 4 members (excludes halogenated alkanes) is 16. The SMILES string of the molecule is CC/C=C\C/C=C\C/C=C\C/C=C\C/C=C\CCCCCC(=O)OCC(COC(=O)CCCCCCCCCCC)OC(=O)CCCCCCC/C=C\C/C=C\CC. The first-order valence-electron chi connectivity index (χ1n) is 23.6. The highest BCUT2D eigenvalue weighted by Crippen LogP contribution is 2.13. The molecule has 0 rings (SSSR count). The fourth-order valence-electron chi connectivity index (χ4n) is 6.15. The zero-order valence-electron chi connectivity index (χ0n) is 37.5. The monoisotopic (exact) mass is 807 g/mol. The van der Waals surface area contributed by atoms with Crippen LogP contribution in [0.3, 0.4) is 0 Å². The number of allylic oxidation sites excluding steroid dienone is 14. The summed E-state index contributed by atoms with van der Waals surface area (Å²) in [4.78, 5) is 37.7. The van der Waals surface area contributed by atoms with E-state index in [-0.39, 0.29) is 31.1 Å². The molecule has 0 aliphatic rings. The summed E-state index contributed by atoms with van der Waals surface area (Å²) < 4.78 is 16.7. The lowest BCUT2D eigenvalue weighted by atomic mass is 10.1. The Morgan fingerprint density at radius 2 is 0.672 bits per heavy atom. The number of carbonyl (C=O) groups is 3. The molecule has 0 radical (unpaired) electrons. The Balaban J connectivity index is 4.41. The highest BCUT2D eigenvalue weighted by atomic mass is 16.6. The molecule has 0 spiro atoms. The zero-order chi connectivity index (χ0) is 42.3. The molecule has 0 amide bonds. The molecular weight excluding hydrogens is 721 g/mol. The summed E-state index contributed by atoms with van der Waals surface area (Å²) >= 11 is 0. The molecule has 1 unspecified atom stereocenters. The standard InChI is InChI=1S/C52H86O6/c1-4-7-10-13-16-19-21-23-24-25-26-27-28-29-31-33-36-39-42-45-51(54)57-48-49(47-56-50(53)44-41-38-35-32-18-15-12-9-6-3)58-52(55)46-43-40-37-34-30-22-20-17-14-11-8-5-2/h7-8,10-11,16-17,19-20,23-24,26-27,29,31,49H,4-6,9,12-15,18,21-22,25,28,30,32-48H2,1-3H3/b10-7-,11-8-,19-16-,20-17-,24-23-,27-26-,31-29-. The zero-order valence-corrected chi connectivity index (χ0v) is 37.5. The van der Waals surface area contributed by atoms with Crippen molar-refractivity contribution in [3.05, 3.63) is 85.1 Å². The van der Waals surface area contributed by atoms with Gasteiger partial charge in [-0.15, -0.1) is 0 Å². The van der Waals surface area contributed by atoms with Crippen molar-refractivity contribution in [3.63, 3.8) is 0 Å². The molecule has 0 heterocycles. The van der Waals surface area contributed by atoms with Crippen LogP contribution in [0.5, 0.6) is 0 Å². The Morgan fingerprint density at radius 1 is 0.362 bits per heavy atom. The van der Waals surface area contributed by atoms with Gasteiger partial charge in [0, 0.05) is 19.3 Å². The highest BCUT2D eigenvalue weighted by molar-refractivity contribution is 5.71. The van der Waals surface area contributed by atoms with Gasteiger partial charge in [0.1, 0.15) is 13.2 Å². The van der Waals surface area contributed by atoms with Gasteiger partial charge in [-0.25, -0.2) is 0 Å². The second kappa shape index (κ2) is 46.3. The Morgan fingerprint density at radius 3 is 1.07 bits per heavy atom. The average Bonchev–Trinajstić information content (AvgIpc) is 3.22. The van der Waals surface area contributed by atoms with E-state index in [0.717, 1.165) is 128 Å². The topological polar surface area (TPSA) is 78.9 Å². The van der Waals surface area contributed by atoms with E-state index >= 15 is 0 Å². The van der Waals surface area contributed by atoms with Crippen molar-refractivity contribution in [1.82, 2.24) is 0 Å². The van der Waals surface area contributed by atoms with E-state index in [4.69, 9.17) is 14.2 Å². The maximum atomic E-state index is 12.7. The fourth-order valence-corrected chi connectivity index (χ4v) is 6.15. The summed E-state index contributed by atoms with van der Waals surface area (Å²) in [5.41, 5.74) is 0. The third-order valence-corrected chi connectivity index (χ3v) is 9.65. The van der Waals surface area contributed by atoms with E-state index in [1.54, 1.807) is 0 Å². The fraction of sp³-hybridized carbons (Fsp3) is 0.673. The lowest BCUT2D eigenvalue weighted by Crippen LogP contribution is -2.30. The number of rotatable bonds is 41. The first kappa shape index (κ1) is 54.6. The number of esters is 3. The van der Waals surface area contributed by atoms with Crippen LogP contribution < -0.4 is 0 Å². The summed E-state index contributed by atoms with van der Waals surface area (Å²) in [6.45, 7) is 6.33. The minimum atomic E-state index is -0.794. The molecule has 0 aromatic carbocycles. The molecular formula is C52H86O6. The van der Waals surface area contributed by atoms with Gasteiger partial charge in [-0.05, 0) is 89.9 Å². The van der Waals surface area contributed by atoms with Crippen molar-refractivity contribution in [1.29, 1.82) is 0 Å². The van der Waals surface area contributed by atoms with E-state index in [1.165, 1.54) is 38.5 Å². The minimum Gasteiger partial charge on any atom is -0.462 e. The smallest absolute Gasteiger partial charge is 0.306 e. The van der Waals surface area contributed by atoms with Gasteiger partial charge in [0.05, 0.1) is 0 Å². The Bertz CT molecular complexity index is 1160. The molecule has 1 atom stereocenters. The van der Waals surface area contributed by atoms with Crippen LogP contribution in [0.2, 0.25) is 0 Å². The van der Waals surface area contributed by atoms with Crippen molar-refractivity contribution < 1.29 is 28.6 Å². The van der Waals surface area contributed by atoms with Crippen LogP contribution in [0.4, 0.5) is 0 Å². The molecule has 0 bridgehead atoms. The molecule has 0 aliphatic heterocycles. The van der Waals surface area contributed by atoms with Gasteiger partial charge in [-0.1, -0.05) is 183 Å². The normalized spacial score (nSPS) is 12.8. The van der Waals surface area contributed by atoms with E-state index < -0.39 is 6.10 Å². The highest BCUT2D eigenvalue weighted by Gasteiger charge is 2.19. The van der Waals surface area contributed by atoms with E-state index in [0.29, 0.717) is 19.3 Å². The molecule has 0 saturated heterocycles. The van der Waals surface area contributed by atoms with E-state index in [1.807, 2.05) is 0 Å². The molecule has 0 fully saturated rings. The molecule has 0 saturated carbocycles. The van der Waals surface area contributed by atoms with Gasteiger partial charge in [-0.2, -0.15) is 0 Å². The van der Waals surface area contributed by atoms with Gasteiger partial charge in [0.15, 0.2) is 6.10 Å². The molecule has 0 aliphatic carbocycles. The second-order valence-corrected chi connectivity index (χ2v) is 15.3. The van der Waals surface area contributed by atoms with Crippen LogP contribution in [0.25, 0.3) is 0 Å². The van der Waals surface area contributed by atoms with Crippen molar-refractivity contribution in [2.75, 3.05) is 13.2 Å². The van der Waals surface area contributed by atoms with Crippen LogP contribution in [-0.2, 0) is 28.6 Å². The summed E-state index contributed by atoms with van der Waals surface area (Å²) in [5.74, 6) is -0.950. The predicted molar refractivity (Wildman–Crippen MR) is 247 cm³/mol. The number of hydrogen-bond donors (Lipinski definition) is 0. The van der Waals surface area contributed by atoms with Gasteiger partial charge < -0.3 is 14.2 Å². The molecule has 0 aromatic rings. The first-order valence-corrected chi connectivity index (χ1v) is 23.6. The van der Waals surface area contributed by atoms with Crippen molar-refractivity contribution in [2.45, 2.75) is 213 Å². The molecule has 0 N–H and O–H groups in total. The number of carbonyl (C=O) groups excluding carboxylic acids is 3. The van der Waals surface area contributed by atoms with Gasteiger partial charge >= 0.3 is 17.9 Å². The van der Waals surface area contributed by atoms with Crippen LogP contribution in [-0.4, -0.2) is 37.2 Å². The van der Waals surface area contributed by atoms with E-state index in [9.17, 15) is 14.4 Å². The van der Waals surface area contributed by atoms with E-state index in [2.05, 4.69) is 106 Å². The number of ether oxygens (including phenoxy) is 3. The molecule has 0 aromatic heterocycles. The van der Waals surface area contributed by atoms with Crippen LogP contribution >= 0.6 is 0 Å². The van der Waals surface area contributed by atoms with Crippen molar-refractivity contribution in [3.8, 4) is 0 Å². The quantitative estimate of drug-likeness (QED) is 0.0265. The summed E-state index contributed by atoms with van der Waals surface area (Å²) in [7, 11) is 0. The summed E-state index contributed by atoms with van der Waals surface area (Å²) in [6, 6.07) is 0. The Labute approximate surface area is 356 Å². The van der Waals surface area contributed by atoms with Gasteiger partial charge in [-0.3, -0.25) is 14.4 Å². The van der Waals surface area contributed by atoms with Gasteiger partial charge in [0.2, 0.25) is 0 Å². The van der Waals surface area contributed by atoms with Crippen LogP contribution in [0.1, 0.15) is 207 Å². The molecule has 58 heavy (non-hydrogen) atoms. The predicted octanol–water partition coefficient (Wildman–Crippen LogP) is 15.3. The molecule has 6 nitrogen and oxygen atoms in total. The lowest BCUT2D eigenvalue weighted by molar-refractivity contribution is -0.167. The Kier molecular flexibility index (Phi) is 43.6. The second-order valence-electron chi connectivity index (χ2n) is 15.3. The third-order valence-electron chi connectivity index (χ3n) is 9.65. The van der Waals surface area contributed by atoms with Crippen LogP contribution in [0, 0.1) is 0 Å².